The van der Waals surface area contributed by atoms with E-state index >= 15 is 0 Å². The van der Waals surface area contributed by atoms with Gasteiger partial charge in [-0.1, -0.05) is 12.1 Å². The Balaban J connectivity index is 1.95. The van der Waals surface area contributed by atoms with E-state index in [1.165, 1.54) is 12.1 Å². The summed E-state index contributed by atoms with van der Waals surface area (Å²) in [6, 6.07) is 9.99. The number of ketones is 1. The number of carbonyl (C=O) groups is 1. The second kappa shape index (κ2) is 11.6. The van der Waals surface area contributed by atoms with Gasteiger partial charge in [-0.05, 0) is 36.5 Å². The molecule has 2 N–H and O–H groups in total. The highest BCUT2D eigenvalue weighted by Gasteiger charge is 2.33. The van der Waals surface area contributed by atoms with Gasteiger partial charge in [0.15, 0.2) is 0 Å². The molecule has 0 saturated carbocycles. The van der Waals surface area contributed by atoms with Gasteiger partial charge in [-0.15, -0.1) is 0 Å². The number of methoxy groups -OCH3 is 2. The number of nitrogens with one attached hydrogen (secondary N) is 2. The molecule has 1 fully saturated rings. The summed E-state index contributed by atoms with van der Waals surface area (Å²) in [4.78, 5) is 17.8. The third-order valence-corrected chi connectivity index (χ3v) is 5.81. The predicted octanol–water partition coefficient (Wildman–Crippen LogP) is 4.33. The predicted molar refractivity (Wildman–Crippen MR) is 126 cm³/mol. The molecule has 0 radical (unpaired) electrons. The summed E-state index contributed by atoms with van der Waals surface area (Å²) in [6.45, 7) is 1.20. The molecule has 0 aliphatic carbocycles. The average molecular weight is 456 g/mol. The maximum Gasteiger partial charge on any atom is 0.203 e. The topological polar surface area (TPSA) is 93.0 Å². The maximum atomic E-state index is 13.7. The lowest BCUT2D eigenvalue weighted by molar-refractivity contribution is -0.114. The minimum atomic E-state index is -0.900. The van der Waals surface area contributed by atoms with Gasteiger partial charge in [-0.25, -0.2) is 4.39 Å². The minimum Gasteiger partial charge on any atom is -0.497 e. The molecule has 8 heteroatoms. The van der Waals surface area contributed by atoms with Crippen LogP contribution in [0, 0.1) is 23.1 Å². The summed E-state index contributed by atoms with van der Waals surface area (Å²) in [5.41, 5.74) is 1.09. The Bertz CT molecular complexity index is 965. The molecule has 2 unspecified atom stereocenters. The third-order valence-electron chi connectivity index (χ3n) is 5.81. The number of carbonyl (C=O) groups excluding carboxylic acids is 1. The molecule has 0 bridgehead atoms. The van der Waals surface area contributed by atoms with E-state index in [9.17, 15) is 9.18 Å². The highest BCUT2D eigenvalue weighted by molar-refractivity contribution is 6.44. The van der Waals surface area contributed by atoms with E-state index in [1.54, 1.807) is 57.8 Å². The summed E-state index contributed by atoms with van der Waals surface area (Å²) in [5, 5.41) is 12.0. The van der Waals surface area contributed by atoms with Gasteiger partial charge < -0.3 is 29.9 Å². The summed E-state index contributed by atoms with van der Waals surface area (Å²) < 4.78 is 29.7. The zero-order valence-corrected chi connectivity index (χ0v) is 19.1. The molecular formula is C25H30FN3O4. The first-order valence-corrected chi connectivity index (χ1v) is 10.8. The molecule has 1 aliphatic rings. The first kappa shape index (κ1) is 24.4. The van der Waals surface area contributed by atoms with E-state index in [0.717, 1.165) is 12.8 Å². The second-order valence-electron chi connectivity index (χ2n) is 7.89. The zero-order chi connectivity index (χ0) is 23.8. The summed E-state index contributed by atoms with van der Waals surface area (Å²) in [5.74, 6) is -0.0207. The van der Waals surface area contributed by atoms with Crippen LogP contribution in [0.5, 0.6) is 11.5 Å². The van der Waals surface area contributed by atoms with Gasteiger partial charge in [0.05, 0.1) is 19.9 Å². The van der Waals surface area contributed by atoms with Gasteiger partial charge in [0.2, 0.25) is 5.78 Å². The van der Waals surface area contributed by atoms with Crippen molar-refractivity contribution in [3.8, 4) is 11.5 Å². The fourth-order valence-corrected chi connectivity index (χ4v) is 4.00. The molecule has 0 amide bonds. The number of aliphatic imine (C=N–C) groups is 1. The Morgan fingerprint density at radius 1 is 1.15 bits per heavy atom. The lowest BCUT2D eigenvalue weighted by atomic mass is 9.80. The van der Waals surface area contributed by atoms with Gasteiger partial charge in [0, 0.05) is 56.3 Å². The Morgan fingerprint density at radius 3 is 2.30 bits per heavy atom. The zero-order valence-electron chi connectivity index (χ0n) is 19.1. The Kier molecular flexibility index (Phi) is 8.54. The molecule has 33 heavy (non-hydrogen) atoms. The smallest absolute Gasteiger partial charge is 0.203 e. The molecule has 2 atom stereocenters. The lowest BCUT2D eigenvalue weighted by Crippen LogP contribution is -2.38. The molecule has 3 rings (SSSR count). The number of nitrogens with zero attached hydrogens (tertiary/aromatic N) is 1. The number of hydrogen-bond acceptors (Lipinski definition) is 7. The Morgan fingerprint density at radius 2 is 1.76 bits per heavy atom. The fraction of sp³-hybridized carbons (Fsp3) is 0.400. The Labute approximate surface area is 193 Å². The van der Waals surface area contributed by atoms with E-state index in [2.05, 4.69) is 10.3 Å². The van der Waals surface area contributed by atoms with E-state index in [4.69, 9.17) is 19.6 Å². The lowest BCUT2D eigenvalue weighted by Gasteiger charge is -2.29. The molecule has 7 nitrogen and oxygen atoms in total. The van der Waals surface area contributed by atoms with Crippen molar-refractivity contribution in [3.63, 3.8) is 0 Å². The first-order chi connectivity index (χ1) is 16.0. The van der Waals surface area contributed by atoms with Crippen LogP contribution in [0.25, 0.3) is 0 Å². The summed E-state index contributed by atoms with van der Waals surface area (Å²) in [6.07, 6.45) is 3.19. The molecule has 0 spiro atoms. The van der Waals surface area contributed by atoms with E-state index < -0.39 is 23.6 Å². The molecule has 176 valence electrons. The van der Waals surface area contributed by atoms with Crippen molar-refractivity contribution < 1.29 is 23.4 Å². The standard InChI is InChI=1S/C25H30FN3O4/c1-28-15-22(16-8-10-33-11-9-16)23(27)25(30)24(17-4-6-18(26)7-5-17)29-19-12-20(31-2)14-21(13-19)32-3/h4-7,12-16,22,24,27,29H,8-11H2,1-3H3. The number of rotatable bonds is 10. The largest absolute Gasteiger partial charge is 0.497 e. The molecular weight excluding hydrogens is 425 g/mol. The minimum absolute atomic E-state index is 0.0378. The van der Waals surface area contributed by atoms with Gasteiger partial charge in [0.25, 0.3) is 0 Å². The van der Waals surface area contributed by atoms with Crippen LogP contribution >= 0.6 is 0 Å². The monoisotopic (exact) mass is 455 g/mol. The molecule has 2 aromatic rings. The third kappa shape index (κ3) is 6.16. The van der Waals surface area contributed by atoms with Gasteiger partial charge in [-0.3, -0.25) is 4.79 Å². The van der Waals surface area contributed by atoms with Crippen molar-refractivity contribution >= 4 is 23.4 Å². The summed E-state index contributed by atoms with van der Waals surface area (Å²) in [7, 11) is 4.72. The number of ether oxygens (including phenoxy) is 3. The highest BCUT2D eigenvalue weighted by atomic mass is 19.1. The van der Waals surface area contributed by atoms with Crippen LogP contribution in [0.2, 0.25) is 0 Å². The normalized spacial score (nSPS) is 16.2. The molecule has 1 aliphatic heterocycles. The van der Waals surface area contributed by atoms with Crippen LogP contribution in [0.3, 0.4) is 0 Å². The number of Topliss-reactive ketones (excluding diaryl/α,β-unsaturated/α-hetero) is 1. The fourth-order valence-electron chi connectivity index (χ4n) is 4.00. The van der Waals surface area contributed by atoms with Crippen LogP contribution in [0.15, 0.2) is 47.5 Å². The van der Waals surface area contributed by atoms with Crippen LogP contribution < -0.4 is 14.8 Å². The second-order valence-corrected chi connectivity index (χ2v) is 7.89. The number of anilines is 1. The van der Waals surface area contributed by atoms with E-state index in [1.807, 2.05) is 0 Å². The number of hydrogen-bond donors (Lipinski definition) is 2. The van der Waals surface area contributed by atoms with Crippen LogP contribution in [-0.4, -0.2) is 52.2 Å². The van der Waals surface area contributed by atoms with E-state index in [-0.39, 0.29) is 11.6 Å². The van der Waals surface area contributed by atoms with Crippen molar-refractivity contribution in [1.82, 2.24) is 0 Å². The van der Waals surface area contributed by atoms with Crippen LogP contribution in [-0.2, 0) is 9.53 Å². The van der Waals surface area contributed by atoms with Gasteiger partial charge in [0.1, 0.15) is 23.4 Å². The van der Waals surface area contributed by atoms with E-state index in [0.29, 0.717) is 36.0 Å². The van der Waals surface area contributed by atoms with Crippen molar-refractivity contribution in [3.05, 3.63) is 53.8 Å². The van der Waals surface area contributed by atoms with Crippen LogP contribution in [0.1, 0.15) is 24.4 Å². The summed E-state index contributed by atoms with van der Waals surface area (Å²) >= 11 is 0. The molecule has 0 aromatic heterocycles. The average Bonchev–Trinajstić information content (AvgIpc) is 2.86. The van der Waals surface area contributed by atoms with Gasteiger partial charge in [-0.2, -0.15) is 0 Å². The number of benzene rings is 2. The molecule has 1 heterocycles. The van der Waals surface area contributed by atoms with Crippen molar-refractivity contribution in [2.45, 2.75) is 18.9 Å². The quantitative estimate of drug-likeness (QED) is 0.520. The van der Waals surface area contributed by atoms with Crippen LogP contribution in [0.4, 0.5) is 10.1 Å². The molecule has 2 aromatic carbocycles. The van der Waals surface area contributed by atoms with Crippen molar-refractivity contribution in [1.29, 1.82) is 5.41 Å². The number of halogens is 1. The van der Waals surface area contributed by atoms with Crippen molar-refractivity contribution in [2.75, 3.05) is 39.8 Å². The first-order valence-electron chi connectivity index (χ1n) is 10.8. The maximum absolute atomic E-state index is 13.7. The SMILES string of the molecule is CN=CC(C(=N)C(=O)C(Nc1cc(OC)cc(OC)c1)c1ccc(F)cc1)C1CCOCC1. The Hall–Kier alpha value is -3.26. The van der Waals surface area contributed by atoms with Gasteiger partial charge >= 0.3 is 0 Å². The highest BCUT2D eigenvalue weighted by Crippen LogP contribution is 2.31. The van der Waals surface area contributed by atoms with Crippen molar-refractivity contribution in [2.24, 2.45) is 16.8 Å². The molecule has 1 saturated heterocycles.